The molecular formula is C33H39ClN2O6. The molecule has 4 rings (SSSR count). The first-order valence-corrected chi connectivity index (χ1v) is 14.6. The number of hydrogen-bond acceptors (Lipinski definition) is 8. The van der Waals surface area contributed by atoms with E-state index in [4.69, 9.17) is 30.5 Å². The van der Waals surface area contributed by atoms with Crippen molar-refractivity contribution in [1.82, 2.24) is 9.80 Å². The predicted octanol–water partition coefficient (Wildman–Crippen LogP) is 4.97. The summed E-state index contributed by atoms with van der Waals surface area (Å²) >= 11 is 6.00. The zero-order chi connectivity index (χ0) is 30.1. The molecule has 0 N–H and O–H groups in total. The molecule has 0 aromatic heterocycles. The van der Waals surface area contributed by atoms with Gasteiger partial charge in [0.05, 0.1) is 20.8 Å². The number of rotatable bonds is 11. The second-order valence-corrected chi connectivity index (χ2v) is 11.0. The molecule has 2 aliphatic heterocycles. The van der Waals surface area contributed by atoms with Crippen molar-refractivity contribution in [3.63, 3.8) is 0 Å². The number of hydrogen-bond donors (Lipinski definition) is 0. The summed E-state index contributed by atoms with van der Waals surface area (Å²) in [4.78, 5) is 29.1. The molecule has 2 aromatic rings. The average Bonchev–Trinajstić information content (AvgIpc) is 3.39. The molecule has 0 radical (unpaired) electrons. The van der Waals surface area contributed by atoms with Crippen LogP contribution in [-0.4, -0.2) is 75.3 Å². The summed E-state index contributed by atoms with van der Waals surface area (Å²) in [5.74, 6) is 6.83. The SMILES string of the molecule is COC(=O)CC/C(C)=C/Cc1c(OC)c(C)c2c(c1OCC#CCN1CCN(Cc3ccc(Cl)cc3)CC1)C(=O)OC2. The number of ether oxygens (including phenoxy) is 4. The summed E-state index contributed by atoms with van der Waals surface area (Å²) in [6.45, 7) is 9.65. The largest absolute Gasteiger partial charge is 0.496 e. The van der Waals surface area contributed by atoms with Crippen molar-refractivity contribution >= 4 is 23.5 Å². The zero-order valence-electron chi connectivity index (χ0n) is 24.9. The van der Waals surface area contributed by atoms with Crippen LogP contribution in [0.5, 0.6) is 11.5 Å². The number of halogens is 1. The Hall–Kier alpha value is -3.51. The van der Waals surface area contributed by atoms with E-state index in [0.717, 1.165) is 60.0 Å². The minimum Gasteiger partial charge on any atom is -0.496 e. The van der Waals surface area contributed by atoms with Crippen LogP contribution in [0.2, 0.25) is 5.02 Å². The Kier molecular flexibility index (Phi) is 11.3. The van der Waals surface area contributed by atoms with Gasteiger partial charge in [-0.3, -0.25) is 14.6 Å². The van der Waals surface area contributed by atoms with Gasteiger partial charge in [-0.1, -0.05) is 47.2 Å². The predicted molar refractivity (Wildman–Crippen MR) is 162 cm³/mol. The maximum atomic E-state index is 12.7. The van der Waals surface area contributed by atoms with Gasteiger partial charge in [-0.15, -0.1) is 0 Å². The lowest BCUT2D eigenvalue weighted by atomic mass is 9.94. The van der Waals surface area contributed by atoms with Gasteiger partial charge in [0.25, 0.3) is 0 Å². The van der Waals surface area contributed by atoms with E-state index in [1.807, 2.05) is 32.1 Å². The number of benzene rings is 2. The molecule has 1 saturated heterocycles. The van der Waals surface area contributed by atoms with E-state index in [0.29, 0.717) is 42.9 Å². The quantitative estimate of drug-likeness (QED) is 0.205. The molecule has 0 atom stereocenters. The van der Waals surface area contributed by atoms with Gasteiger partial charge in [-0.2, -0.15) is 0 Å². The van der Waals surface area contributed by atoms with Crippen molar-refractivity contribution in [3.8, 4) is 23.3 Å². The third-order valence-electron chi connectivity index (χ3n) is 7.73. The van der Waals surface area contributed by atoms with Gasteiger partial charge in [0.15, 0.2) is 0 Å². The third-order valence-corrected chi connectivity index (χ3v) is 7.98. The van der Waals surface area contributed by atoms with Crippen LogP contribution in [0.3, 0.4) is 0 Å². The van der Waals surface area contributed by atoms with Gasteiger partial charge < -0.3 is 18.9 Å². The zero-order valence-corrected chi connectivity index (χ0v) is 25.6. The van der Waals surface area contributed by atoms with Crippen LogP contribution in [-0.2, 0) is 33.8 Å². The van der Waals surface area contributed by atoms with Crippen LogP contribution in [0.1, 0.15) is 52.4 Å². The van der Waals surface area contributed by atoms with Crippen LogP contribution in [0.4, 0.5) is 0 Å². The highest BCUT2D eigenvalue weighted by Gasteiger charge is 2.33. The Balaban J connectivity index is 1.38. The summed E-state index contributed by atoms with van der Waals surface area (Å²) in [5.41, 5.74) is 5.15. The maximum Gasteiger partial charge on any atom is 0.342 e. The lowest BCUT2D eigenvalue weighted by Crippen LogP contribution is -2.45. The number of methoxy groups -OCH3 is 2. The first-order chi connectivity index (χ1) is 20.3. The minimum atomic E-state index is -0.400. The minimum absolute atomic E-state index is 0.139. The highest BCUT2D eigenvalue weighted by atomic mass is 35.5. The van der Waals surface area contributed by atoms with E-state index >= 15 is 0 Å². The van der Waals surface area contributed by atoms with Crippen LogP contribution in [0.15, 0.2) is 35.9 Å². The number of allylic oxidation sites excluding steroid dienone is 2. The summed E-state index contributed by atoms with van der Waals surface area (Å²) < 4.78 is 22.1. The fourth-order valence-electron chi connectivity index (χ4n) is 5.23. The molecule has 0 unspecified atom stereocenters. The molecule has 0 bridgehead atoms. The number of nitrogens with zero attached hydrogens (tertiary/aromatic N) is 2. The average molecular weight is 595 g/mol. The van der Waals surface area contributed by atoms with E-state index in [1.54, 1.807) is 7.11 Å². The second kappa shape index (κ2) is 15.1. The Morgan fingerprint density at radius 2 is 1.76 bits per heavy atom. The Labute approximate surface area is 253 Å². The Morgan fingerprint density at radius 1 is 1.05 bits per heavy atom. The van der Waals surface area contributed by atoms with E-state index < -0.39 is 5.97 Å². The first kappa shape index (κ1) is 31.4. The Bertz CT molecular complexity index is 1370. The van der Waals surface area contributed by atoms with E-state index in [9.17, 15) is 9.59 Å². The molecule has 224 valence electrons. The summed E-state index contributed by atoms with van der Waals surface area (Å²) in [5, 5.41) is 0.757. The van der Waals surface area contributed by atoms with Crippen molar-refractivity contribution in [2.45, 2.75) is 46.3 Å². The summed E-state index contributed by atoms with van der Waals surface area (Å²) in [6, 6.07) is 8.02. The number of cyclic esters (lactones) is 1. The molecule has 9 heteroatoms. The van der Waals surface area contributed by atoms with Crippen LogP contribution in [0.25, 0.3) is 0 Å². The number of esters is 2. The molecular weight excluding hydrogens is 556 g/mol. The normalized spacial score (nSPS) is 15.5. The fraction of sp³-hybridized carbons (Fsp3) is 0.455. The standard InChI is InChI=1S/C33H39ClN2O6/c1-23(8-14-29(37)39-3)7-13-27-31(40-4)24(2)28-22-42-33(38)30(28)32(27)41-20-6-5-15-35-16-18-36(19-17-35)21-25-9-11-26(34)12-10-25/h7,9-12H,8,13-22H2,1-4H3/b23-7+. The van der Waals surface area contributed by atoms with Gasteiger partial charge in [0, 0.05) is 55.3 Å². The number of carbonyl (C=O) groups excluding carboxylic acids is 2. The fourth-order valence-corrected chi connectivity index (χ4v) is 5.36. The van der Waals surface area contributed by atoms with Gasteiger partial charge in [-0.05, 0) is 49.9 Å². The lowest BCUT2D eigenvalue weighted by Gasteiger charge is -2.33. The number of carbonyl (C=O) groups is 2. The summed E-state index contributed by atoms with van der Waals surface area (Å²) in [7, 11) is 3.00. The van der Waals surface area contributed by atoms with Crippen LogP contribution in [0, 0.1) is 18.8 Å². The molecule has 0 saturated carbocycles. The van der Waals surface area contributed by atoms with Gasteiger partial charge in [0.1, 0.15) is 30.3 Å². The maximum absolute atomic E-state index is 12.7. The smallest absolute Gasteiger partial charge is 0.342 e. The van der Waals surface area contributed by atoms with Gasteiger partial charge in [-0.25, -0.2) is 4.79 Å². The molecule has 42 heavy (non-hydrogen) atoms. The number of piperazine rings is 1. The van der Waals surface area contributed by atoms with Crippen molar-refractivity contribution in [1.29, 1.82) is 0 Å². The van der Waals surface area contributed by atoms with Crippen molar-refractivity contribution in [2.24, 2.45) is 0 Å². The molecule has 0 spiro atoms. The third kappa shape index (κ3) is 8.07. The second-order valence-electron chi connectivity index (χ2n) is 10.5. The van der Waals surface area contributed by atoms with E-state index in [2.05, 4.69) is 33.8 Å². The summed E-state index contributed by atoms with van der Waals surface area (Å²) in [6.07, 6.45) is 3.39. The highest BCUT2D eigenvalue weighted by molar-refractivity contribution is 6.30. The van der Waals surface area contributed by atoms with E-state index in [-0.39, 0.29) is 19.2 Å². The van der Waals surface area contributed by atoms with E-state index in [1.165, 1.54) is 12.7 Å². The molecule has 2 aliphatic rings. The Morgan fingerprint density at radius 3 is 2.45 bits per heavy atom. The topological polar surface area (TPSA) is 77.5 Å². The molecule has 2 aromatic carbocycles. The van der Waals surface area contributed by atoms with Gasteiger partial charge in [0.2, 0.25) is 0 Å². The monoisotopic (exact) mass is 594 g/mol. The van der Waals surface area contributed by atoms with Crippen molar-refractivity contribution in [2.75, 3.05) is 53.6 Å². The van der Waals surface area contributed by atoms with Gasteiger partial charge >= 0.3 is 11.9 Å². The van der Waals surface area contributed by atoms with Crippen molar-refractivity contribution < 1.29 is 28.5 Å². The highest BCUT2D eigenvalue weighted by Crippen LogP contribution is 2.42. The molecule has 0 amide bonds. The lowest BCUT2D eigenvalue weighted by molar-refractivity contribution is -0.140. The number of fused-ring (bicyclic) bond motifs is 1. The first-order valence-electron chi connectivity index (χ1n) is 14.2. The molecule has 8 nitrogen and oxygen atoms in total. The molecule has 0 aliphatic carbocycles. The molecule has 1 fully saturated rings. The van der Waals surface area contributed by atoms with Crippen LogP contribution >= 0.6 is 11.6 Å². The van der Waals surface area contributed by atoms with Crippen molar-refractivity contribution in [3.05, 3.63) is 68.8 Å². The molecule has 2 heterocycles. The van der Waals surface area contributed by atoms with Crippen LogP contribution < -0.4 is 9.47 Å².